The number of rotatable bonds is 2. The largest absolute Gasteiger partial charge is 0.359 e. The third kappa shape index (κ3) is 1.66. The van der Waals surface area contributed by atoms with Crippen molar-refractivity contribution in [3.8, 4) is 0 Å². The Hall–Kier alpha value is -1.84. The van der Waals surface area contributed by atoms with Gasteiger partial charge in [-0.1, -0.05) is 30.3 Å². The van der Waals surface area contributed by atoms with Gasteiger partial charge in [0.1, 0.15) is 0 Å². The normalized spacial score (nSPS) is 10.2. The first-order chi connectivity index (χ1) is 6.36. The molecule has 0 saturated carbocycles. The van der Waals surface area contributed by atoms with E-state index >= 15 is 0 Å². The number of hydrogen-bond donors (Lipinski definition) is 0. The maximum atomic E-state index is 10.9. The Kier molecular flexibility index (Phi) is 1.96. The first kappa shape index (κ1) is 7.79. The molecule has 1 aromatic heterocycles. The summed E-state index contributed by atoms with van der Waals surface area (Å²) in [7, 11) is 0. The van der Waals surface area contributed by atoms with Crippen molar-refractivity contribution in [3.63, 3.8) is 0 Å². The number of nitrogens with zero attached hydrogens (tertiary/aromatic N) is 2. The van der Waals surface area contributed by atoms with E-state index in [1.807, 2.05) is 30.3 Å². The summed E-state index contributed by atoms with van der Waals surface area (Å²) < 4.78 is 4.35. The second-order valence-corrected chi connectivity index (χ2v) is 2.73. The predicted molar refractivity (Wildman–Crippen MR) is 44.7 cm³/mol. The van der Waals surface area contributed by atoms with Crippen LogP contribution in [0.1, 0.15) is 11.3 Å². The molecule has 0 fully saturated rings. The monoisotopic (exact) mass is 176 g/mol. The van der Waals surface area contributed by atoms with Crippen molar-refractivity contribution < 1.29 is 9.53 Å². The minimum Gasteiger partial charge on any atom is -0.359 e. The van der Waals surface area contributed by atoms with Crippen LogP contribution in [-0.4, -0.2) is 5.16 Å². The van der Waals surface area contributed by atoms with Gasteiger partial charge in [-0.15, -0.1) is 0 Å². The number of benzene rings is 1. The van der Waals surface area contributed by atoms with Gasteiger partial charge in [0, 0.05) is 11.6 Å². The fourth-order valence-electron chi connectivity index (χ4n) is 1.14. The van der Waals surface area contributed by atoms with Crippen LogP contribution >= 0.6 is 0 Å². The van der Waals surface area contributed by atoms with Crippen molar-refractivity contribution in [1.29, 1.82) is 0 Å². The zero-order chi connectivity index (χ0) is 9.10. The van der Waals surface area contributed by atoms with Gasteiger partial charge in [0.2, 0.25) is 6.20 Å². The molecule has 0 radical (unpaired) electrons. The summed E-state index contributed by atoms with van der Waals surface area (Å²) in [4.78, 5) is 0.424. The molecule has 0 spiro atoms. The molecule has 2 aromatic rings. The average Bonchev–Trinajstić information content (AvgIpc) is 2.54. The predicted octanol–water partition coefficient (Wildman–Crippen LogP) is 0.899. The van der Waals surface area contributed by atoms with Crippen molar-refractivity contribution in [2.75, 3.05) is 0 Å². The topological polar surface area (TPSA) is 53.0 Å². The summed E-state index contributed by atoms with van der Waals surface area (Å²) in [6.45, 7) is 0. The van der Waals surface area contributed by atoms with Gasteiger partial charge in [0.15, 0.2) is 5.69 Å². The standard InChI is InChI=1S/C9H8N2O2/c12-11-9(7-10-13-11)6-8-4-2-1-3-5-8/h1-5,7H,6H2. The molecular weight excluding hydrogens is 168 g/mol. The Bertz CT molecular complexity index is 384. The fraction of sp³-hybridized carbons (Fsp3) is 0.111. The van der Waals surface area contributed by atoms with Crippen LogP contribution in [0.3, 0.4) is 0 Å². The van der Waals surface area contributed by atoms with Gasteiger partial charge in [-0.2, -0.15) is 0 Å². The number of hydrogen-bond acceptors (Lipinski definition) is 3. The minimum absolute atomic E-state index is 0.424. The average molecular weight is 176 g/mol. The second kappa shape index (κ2) is 3.26. The molecule has 0 atom stereocenters. The zero-order valence-corrected chi connectivity index (χ0v) is 6.88. The van der Waals surface area contributed by atoms with Crippen molar-refractivity contribution in [3.05, 3.63) is 53.0 Å². The summed E-state index contributed by atoms with van der Waals surface area (Å²) in [5.74, 6) is 0. The highest BCUT2D eigenvalue weighted by atomic mass is 16.8. The van der Waals surface area contributed by atoms with Crippen molar-refractivity contribution >= 4 is 0 Å². The molecule has 1 heterocycles. The molecule has 13 heavy (non-hydrogen) atoms. The Morgan fingerprint density at radius 2 is 2.08 bits per heavy atom. The summed E-state index contributed by atoms with van der Waals surface area (Å²) in [5, 5.41) is 14.3. The van der Waals surface area contributed by atoms with E-state index in [-0.39, 0.29) is 0 Å². The molecule has 0 aliphatic heterocycles. The van der Waals surface area contributed by atoms with Gasteiger partial charge in [-0.25, -0.2) is 0 Å². The van der Waals surface area contributed by atoms with E-state index in [4.69, 9.17) is 0 Å². The minimum atomic E-state index is 0.424. The Labute approximate surface area is 74.9 Å². The highest BCUT2D eigenvalue weighted by molar-refractivity contribution is 5.18. The summed E-state index contributed by atoms with van der Waals surface area (Å²) in [6.07, 6.45) is 1.98. The van der Waals surface area contributed by atoms with E-state index in [0.29, 0.717) is 17.0 Å². The van der Waals surface area contributed by atoms with Gasteiger partial charge >= 0.3 is 0 Å². The third-order valence-corrected chi connectivity index (χ3v) is 1.79. The molecule has 0 N–H and O–H groups in total. The molecule has 1 aromatic carbocycles. The van der Waals surface area contributed by atoms with Gasteiger partial charge in [-0.05, 0) is 10.5 Å². The zero-order valence-electron chi connectivity index (χ0n) is 6.88. The van der Waals surface area contributed by atoms with Crippen LogP contribution in [0.2, 0.25) is 0 Å². The van der Waals surface area contributed by atoms with Crippen LogP contribution < -0.4 is 4.90 Å². The molecule has 0 aliphatic carbocycles. The lowest BCUT2D eigenvalue weighted by Gasteiger charge is -1.95. The first-order valence-electron chi connectivity index (χ1n) is 3.94. The number of aromatic nitrogens is 2. The Morgan fingerprint density at radius 3 is 2.69 bits per heavy atom. The van der Waals surface area contributed by atoms with Crippen LogP contribution in [0.4, 0.5) is 0 Å². The van der Waals surface area contributed by atoms with Crippen LogP contribution in [0.25, 0.3) is 0 Å². The first-order valence-corrected chi connectivity index (χ1v) is 3.94. The molecule has 2 rings (SSSR count). The summed E-state index contributed by atoms with van der Waals surface area (Å²) in [5.41, 5.74) is 1.58. The second-order valence-electron chi connectivity index (χ2n) is 2.73. The van der Waals surface area contributed by atoms with Crippen LogP contribution in [0.15, 0.2) is 41.2 Å². The lowest BCUT2D eigenvalue weighted by Crippen LogP contribution is -2.27. The smallest absolute Gasteiger partial charge is 0.209 e. The summed E-state index contributed by atoms with van der Waals surface area (Å²) >= 11 is 0. The molecule has 0 saturated heterocycles. The highest BCUT2D eigenvalue weighted by Gasteiger charge is 2.06. The van der Waals surface area contributed by atoms with Crippen molar-refractivity contribution in [1.82, 2.24) is 5.16 Å². The quantitative estimate of drug-likeness (QED) is 0.639. The van der Waals surface area contributed by atoms with E-state index in [9.17, 15) is 5.21 Å². The van der Waals surface area contributed by atoms with Gasteiger partial charge < -0.3 is 5.21 Å². The SMILES string of the molecule is [O-][n+]1oncc1Cc1ccccc1. The van der Waals surface area contributed by atoms with E-state index in [0.717, 1.165) is 5.56 Å². The highest BCUT2D eigenvalue weighted by Crippen LogP contribution is 2.03. The van der Waals surface area contributed by atoms with Gasteiger partial charge in [0.05, 0.1) is 0 Å². The maximum Gasteiger partial charge on any atom is 0.209 e. The molecule has 0 amide bonds. The van der Waals surface area contributed by atoms with E-state index in [1.54, 1.807) is 0 Å². The van der Waals surface area contributed by atoms with Crippen molar-refractivity contribution in [2.24, 2.45) is 0 Å². The van der Waals surface area contributed by atoms with Crippen LogP contribution in [0.5, 0.6) is 0 Å². The third-order valence-electron chi connectivity index (χ3n) is 1.79. The van der Waals surface area contributed by atoms with Crippen LogP contribution in [-0.2, 0) is 6.42 Å². The van der Waals surface area contributed by atoms with Crippen molar-refractivity contribution in [2.45, 2.75) is 6.42 Å². The lowest BCUT2D eigenvalue weighted by atomic mass is 10.1. The Morgan fingerprint density at radius 1 is 1.31 bits per heavy atom. The molecule has 4 nitrogen and oxygen atoms in total. The molecule has 0 bridgehead atoms. The summed E-state index contributed by atoms with van der Waals surface area (Å²) in [6, 6.07) is 9.69. The lowest BCUT2D eigenvalue weighted by molar-refractivity contribution is -0.807. The Balaban J connectivity index is 2.20. The van der Waals surface area contributed by atoms with Gasteiger partial charge in [0.25, 0.3) is 0 Å². The molecular formula is C9H8N2O2. The van der Waals surface area contributed by atoms with E-state index in [2.05, 4.69) is 9.79 Å². The van der Waals surface area contributed by atoms with E-state index in [1.165, 1.54) is 6.20 Å². The van der Waals surface area contributed by atoms with Gasteiger partial charge in [-0.3, -0.25) is 4.63 Å². The maximum absolute atomic E-state index is 10.9. The van der Waals surface area contributed by atoms with E-state index < -0.39 is 0 Å². The molecule has 0 aliphatic rings. The van der Waals surface area contributed by atoms with Crippen LogP contribution in [0, 0.1) is 5.21 Å². The molecule has 4 heteroatoms. The fourth-order valence-corrected chi connectivity index (χ4v) is 1.14. The molecule has 66 valence electrons. The molecule has 0 unspecified atom stereocenters.